The Kier molecular flexibility index (Phi) is 4.59. The largest absolute Gasteiger partial charge is 0.496 e. The van der Waals surface area contributed by atoms with Crippen LogP contribution < -0.4 is 16.2 Å². The molecular weight excluding hydrogens is 188 g/mol. The molecule has 0 aromatic heterocycles. The fourth-order valence-corrected chi connectivity index (χ4v) is 1.63. The van der Waals surface area contributed by atoms with Gasteiger partial charge in [0.15, 0.2) is 0 Å². The summed E-state index contributed by atoms with van der Waals surface area (Å²) in [5, 5.41) is 0. The van der Waals surface area contributed by atoms with Gasteiger partial charge in [0.05, 0.1) is 7.11 Å². The number of nitrogens with two attached hydrogens (primary N) is 2. The lowest BCUT2D eigenvalue weighted by Gasteiger charge is -2.18. The Labute approximate surface area is 91.4 Å². The molecule has 84 valence electrons. The van der Waals surface area contributed by atoms with Crippen LogP contribution in [-0.2, 0) is 0 Å². The molecule has 0 aliphatic rings. The minimum atomic E-state index is -0.000278. The number of ether oxygens (including phenoxy) is 1. The molecule has 1 aromatic carbocycles. The fourth-order valence-electron chi connectivity index (χ4n) is 1.63. The van der Waals surface area contributed by atoms with Gasteiger partial charge in [-0.15, -0.1) is 0 Å². The molecule has 0 saturated carbocycles. The molecule has 0 bridgehead atoms. The maximum Gasteiger partial charge on any atom is 0.123 e. The Hall–Kier alpha value is -1.06. The highest BCUT2D eigenvalue weighted by atomic mass is 16.5. The van der Waals surface area contributed by atoms with Crippen molar-refractivity contribution in [2.24, 2.45) is 17.4 Å². The summed E-state index contributed by atoms with van der Waals surface area (Å²) in [5.41, 5.74) is 12.8. The van der Waals surface area contributed by atoms with Crippen LogP contribution in [-0.4, -0.2) is 13.7 Å². The van der Waals surface area contributed by atoms with Gasteiger partial charge in [0.25, 0.3) is 0 Å². The van der Waals surface area contributed by atoms with Crippen LogP contribution in [0.15, 0.2) is 24.3 Å². The third-order valence-electron chi connectivity index (χ3n) is 2.60. The molecule has 0 radical (unpaired) electrons. The van der Waals surface area contributed by atoms with Crippen molar-refractivity contribution in [3.05, 3.63) is 29.8 Å². The fraction of sp³-hybridized carbons (Fsp3) is 0.500. The van der Waals surface area contributed by atoms with Crippen molar-refractivity contribution in [1.29, 1.82) is 0 Å². The van der Waals surface area contributed by atoms with Crippen LogP contribution in [0.4, 0.5) is 0 Å². The van der Waals surface area contributed by atoms with Gasteiger partial charge in [-0.1, -0.05) is 25.1 Å². The van der Waals surface area contributed by atoms with Gasteiger partial charge in [0.1, 0.15) is 5.75 Å². The van der Waals surface area contributed by atoms with E-state index in [0.717, 1.165) is 17.7 Å². The number of rotatable bonds is 5. The number of methoxy groups -OCH3 is 1. The van der Waals surface area contributed by atoms with E-state index < -0.39 is 0 Å². The molecule has 0 aliphatic carbocycles. The minimum absolute atomic E-state index is 0.000278. The van der Waals surface area contributed by atoms with Gasteiger partial charge < -0.3 is 16.2 Å². The van der Waals surface area contributed by atoms with E-state index in [1.807, 2.05) is 24.3 Å². The van der Waals surface area contributed by atoms with Crippen molar-refractivity contribution in [2.45, 2.75) is 19.4 Å². The number of hydrogen-bond donors (Lipinski definition) is 2. The number of para-hydroxylation sites is 1. The molecule has 0 aliphatic heterocycles. The second-order valence-electron chi connectivity index (χ2n) is 3.93. The second-order valence-corrected chi connectivity index (χ2v) is 3.93. The standard InChI is InChI=1S/C12H20N2O/c1-9(8-13)7-11(14)10-5-3-4-6-12(10)15-2/h3-6,9,11H,7-8,13-14H2,1-2H3. The normalized spacial score (nSPS) is 14.7. The van der Waals surface area contributed by atoms with E-state index in [2.05, 4.69) is 6.92 Å². The molecule has 4 N–H and O–H groups in total. The third kappa shape index (κ3) is 3.22. The van der Waals surface area contributed by atoms with Gasteiger partial charge >= 0.3 is 0 Å². The first kappa shape index (κ1) is 12.0. The SMILES string of the molecule is COc1ccccc1C(N)CC(C)CN. The molecule has 0 heterocycles. The van der Waals surface area contributed by atoms with Gasteiger partial charge in [-0.2, -0.15) is 0 Å². The van der Waals surface area contributed by atoms with Crippen LogP contribution in [0.5, 0.6) is 5.75 Å². The zero-order chi connectivity index (χ0) is 11.3. The summed E-state index contributed by atoms with van der Waals surface area (Å²) in [5.74, 6) is 1.29. The van der Waals surface area contributed by atoms with E-state index in [1.54, 1.807) is 7.11 Å². The summed E-state index contributed by atoms with van der Waals surface area (Å²) in [6.07, 6.45) is 0.886. The van der Waals surface area contributed by atoms with Gasteiger partial charge in [-0.25, -0.2) is 0 Å². The minimum Gasteiger partial charge on any atom is -0.496 e. The van der Waals surface area contributed by atoms with Crippen LogP contribution in [0.1, 0.15) is 24.9 Å². The zero-order valence-electron chi connectivity index (χ0n) is 9.44. The maximum absolute atomic E-state index is 6.11. The third-order valence-corrected chi connectivity index (χ3v) is 2.60. The van der Waals surface area contributed by atoms with E-state index in [9.17, 15) is 0 Å². The van der Waals surface area contributed by atoms with Crippen LogP contribution >= 0.6 is 0 Å². The van der Waals surface area contributed by atoms with E-state index in [4.69, 9.17) is 16.2 Å². The lowest BCUT2D eigenvalue weighted by atomic mass is 9.96. The zero-order valence-corrected chi connectivity index (χ0v) is 9.44. The molecular formula is C12H20N2O. The molecule has 1 rings (SSSR count). The average Bonchev–Trinajstić information content (AvgIpc) is 2.28. The van der Waals surface area contributed by atoms with Gasteiger partial charge in [-0.05, 0) is 24.9 Å². The summed E-state index contributed by atoms with van der Waals surface area (Å²) in [4.78, 5) is 0. The molecule has 3 nitrogen and oxygen atoms in total. The molecule has 1 aromatic rings. The van der Waals surface area contributed by atoms with Crippen LogP contribution in [0.3, 0.4) is 0 Å². The monoisotopic (exact) mass is 208 g/mol. The Morgan fingerprint density at radius 2 is 2.00 bits per heavy atom. The Morgan fingerprint density at radius 1 is 1.33 bits per heavy atom. The van der Waals surface area contributed by atoms with Gasteiger partial charge in [-0.3, -0.25) is 0 Å². The molecule has 0 fully saturated rings. The Morgan fingerprint density at radius 3 is 2.60 bits per heavy atom. The summed E-state index contributed by atoms with van der Waals surface area (Å²) < 4.78 is 5.27. The molecule has 2 unspecified atom stereocenters. The molecule has 2 atom stereocenters. The van der Waals surface area contributed by atoms with Crippen molar-refractivity contribution in [2.75, 3.05) is 13.7 Å². The highest BCUT2D eigenvalue weighted by molar-refractivity contribution is 5.35. The number of benzene rings is 1. The quantitative estimate of drug-likeness (QED) is 0.774. The highest BCUT2D eigenvalue weighted by Crippen LogP contribution is 2.26. The second kappa shape index (κ2) is 5.73. The average molecular weight is 208 g/mol. The Balaban J connectivity index is 2.76. The van der Waals surface area contributed by atoms with Crippen molar-refractivity contribution in [3.63, 3.8) is 0 Å². The van der Waals surface area contributed by atoms with Gasteiger partial charge in [0, 0.05) is 11.6 Å². The topological polar surface area (TPSA) is 61.3 Å². The van der Waals surface area contributed by atoms with Crippen molar-refractivity contribution < 1.29 is 4.74 Å². The first-order chi connectivity index (χ1) is 7.19. The summed E-state index contributed by atoms with van der Waals surface area (Å²) in [7, 11) is 1.66. The van der Waals surface area contributed by atoms with Crippen LogP contribution in [0.25, 0.3) is 0 Å². The van der Waals surface area contributed by atoms with Crippen molar-refractivity contribution in [1.82, 2.24) is 0 Å². The van der Waals surface area contributed by atoms with E-state index in [1.165, 1.54) is 0 Å². The Bertz CT molecular complexity index is 301. The van der Waals surface area contributed by atoms with Crippen molar-refractivity contribution in [3.8, 4) is 5.75 Å². The van der Waals surface area contributed by atoms with Crippen LogP contribution in [0, 0.1) is 5.92 Å². The first-order valence-corrected chi connectivity index (χ1v) is 5.27. The van der Waals surface area contributed by atoms with E-state index in [-0.39, 0.29) is 6.04 Å². The lowest BCUT2D eigenvalue weighted by molar-refractivity contribution is 0.397. The molecule has 0 amide bonds. The number of hydrogen-bond acceptors (Lipinski definition) is 3. The van der Waals surface area contributed by atoms with Crippen molar-refractivity contribution >= 4 is 0 Å². The summed E-state index contributed by atoms with van der Waals surface area (Å²) in [6, 6.07) is 7.86. The molecule has 0 saturated heterocycles. The van der Waals surface area contributed by atoms with E-state index in [0.29, 0.717) is 12.5 Å². The van der Waals surface area contributed by atoms with Crippen LogP contribution in [0.2, 0.25) is 0 Å². The predicted molar refractivity (Wildman–Crippen MR) is 62.8 cm³/mol. The molecule has 0 spiro atoms. The lowest BCUT2D eigenvalue weighted by Crippen LogP contribution is -2.19. The molecule has 3 heteroatoms. The summed E-state index contributed by atoms with van der Waals surface area (Å²) in [6.45, 7) is 2.78. The van der Waals surface area contributed by atoms with Gasteiger partial charge in [0.2, 0.25) is 0 Å². The molecule has 15 heavy (non-hydrogen) atoms. The maximum atomic E-state index is 6.11. The summed E-state index contributed by atoms with van der Waals surface area (Å²) >= 11 is 0. The first-order valence-electron chi connectivity index (χ1n) is 5.27. The predicted octanol–water partition coefficient (Wildman–Crippen LogP) is 1.68. The smallest absolute Gasteiger partial charge is 0.123 e. The van der Waals surface area contributed by atoms with E-state index >= 15 is 0 Å². The highest BCUT2D eigenvalue weighted by Gasteiger charge is 2.13.